The van der Waals surface area contributed by atoms with Gasteiger partial charge in [0.2, 0.25) is 5.91 Å². The lowest BCUT2D eigenvalue weighted by molar-refractivity contribution is -0.133. The first-order valence-electron chi connectivity index (χ1n) is 9.57. The number of hydrogen-bond acceptors (Lipinski definition) is 4. The van der Waals surface area contributed by atoms with Crippen molar-refractivity contribution in [2.24, 2.45) is 0 Å². The second-order valence-corrected chi connectivity index (χ2v) is 8.61. The van der Waals surface area contributed by atoms with E-state index in [0.717, 1.165) is 49.9 Å². The molecule has 1 fully saturated rings. The lowest BCUT2D eigenvalue weighted by atomic mass is 10.2. The van der Waals surface area contributed by atoms with Crippen LogP contribution in [0.3, 0.4) is 0 Å². The predicted molar refractivity (Wildman–Crippen MR) is 111 cm³/mol. The SMILES string of the molecule is O=C(CCCOCCc1ccccc1)N1CCN(Cc2ccc(Cl)s2)CC1. The first-order chi connectivity index (χ1) is 13.2. The van der Waals surface area contributed by atoms with Crippen molar-refractivity contribution in [3.8, 4) is 0 Å². The van der Waals surface area contributed by atoms with E-state index in [4.69, 9.17) is 16.3 Å². The van der Waals surface area contributed by atoms with Gasteiger partial charge in [0.05, 0.1) is 10.9 Å². The van der Waals surface area contributed by atoms with Crippen molar-refractivity contribution in [1.82, 2.24) is 9.80 Å². The van der Waals surface area contributed by atoms with Crippen LogP contribution in [0, 0.1) is 0 Å². The van der Waals surface area contributed by atoms with E-state index in [1.165, 1.54) is 10.4 Å². The minimum atomic E-state index is 0.250. The van der Waals surface area contributed by atoms with Gasteiger partial charge in [-0.2, -0.15) is 0 Å². The molecule has 0 radical (unpaired) electrons. The number of ether oxygens (including phenoxy) is 1. The van der Waals surface area contributed by atoms with Crippen LogP contribution in [-0.2, 0) is 22.5 Å². The van der Waals surface area contributed by atoms with Gasteiger partial charge in [0.15, 0.2) is 0 Å². The van der Waals surface area contributed by atoms with Crippen LogP contribution in [0.4, 0.5) is 0 Å². The van der Waals surface area contributed by atoms with Crippen molar-refractivity contribution in [3.05, 3.63) is 57.2 Å². The molecule has 1 aliphatic heterocycles. The number of amides is 1. The maximum absolute atomic E-state index is 12.4. The Morgan fingerprint density at radius 1 is 1.04 bits per heavy atom. The number of piperazine rings is 1. The average Bonchev–Trinajstić information content (AvgIpc) is 3.10. The van der Waals surface area contributed by atoms with E-state index in [2.05, 4.69) is 23.1 Å². The zero-order valence-corrected chi connectivity index (χ0v) is 17.2. The molecule has 0 atom stereocenters. The second-order valence-electron chi connectivity index (χ2n) is 6.81. The predicted octanol–water partition coefficient (Wildman–Crippen LogP) is 4.09. The van der Waals surface area contributed by atoms with E-state index in [-0.39, 0.29) is 5.91 Å². The standard InChI is InChI=1S/C21H27ClN2O2S/c22-20-9-8-19(27-20)17-23-11-13-24(14-12-23)21(25)7-4-15-26-16-10-18-5-2-1-3-6-18/h1-3,5-6,8-9H,4,7,10-17H2. The zero-order valence-electron chi connectivity index (χ0n) is 15.6. The number of benzene rings is 1. The summed E-state index contributed by atoms with van der Waals surface area (Å²) in [5, 5.41) is 0. The minimum Gasteiger partial charge on any atom is -0.381 e. The Labute approximate surface area is 170 Å². The molecule has 4 nitrogen and oxygen atoms in total. The molecule has 0 spiro atoms. The Balaban J connectivity index is 1.25. The summed E-state index contributed by atoms with van der Waals surface area (Å²) in [7, 11) is 0. The van der Waals surface area contributed by atoms with Gasteiger partial charge in [-0.15, -0.1) is 11.3 Å². The Bertz CT molecular complexity index is 699. The molecule has 1 saturated heterocycles. The Kier molecular flexibility index (Phi) is 8.14. The fraction of sp³-hybridized carbons (Fsp3) is 0.476. The third-order valence-electron chi connectivity index (χ3n) is 4.79. The van der Waals surface area contributed by atoms with Gasteiger partial charge >= 0.3 is 0 Å². The van der Waals surface area contributed by atoms with Gasteiger partial charge in [-0.25, -0.2) is 0 Å². The normalized spacial score (nSPS) is 15.2. The van der Waals surface area contributed by atoms with Gasteiger partial charge in [0.25, 0.3) is 0 Å². The van der Waals surface area contributed by atoms with Gasteiger partial charge in [-0.05, 0) is 30.5 Å². The molecule has 0 bridgehead atoms. The number of thiophene rings is 1. The average molecular weight is 407 g/mol. The molecular weight excluding hydrogens is 380 g/mol. The highest BCUT2D eigenvalue weighted by atomic mass is 35.5. The number of rotatable bonds is 9. The van der Waals surface area contributed by atoms with Crippen molar-refractivity contribution in [2.45, 2.75) is 25.8 Å². The van der Waals surface area contributed by atoms with Crippen molar-refractivity contribution in [3.63, 3.8) is 0 Å². The molecule has 0 N–H and O–H groups in total. The molecule has 0 aliphatic carbocycles. The number of halogens is 1. The summed E-state index contributed by atoms with van der Waals surface area (Å²) >= 11 is 7.62. The summed E-state index contributed by atoms with van der Waals surface area (Å²) in [5.41, 5.74) is 1.29. The molecule has 0 saturated carbocycles. The molecule has 1 amide bonds. The van der Waals surface area contributed by atoms with Crippen molar-refractivity contribution < 1.29 is 9.53 Å². The third-order valence-corrected chi connectivity index (χ3v) is 6.01. The van der Waals surface area contributed by atoms with E-state index >= 15 is 0 Å². The second kappa shape index (κ2) is 10.8. The van der Waals surface area contributed by atoms with E-state index in [1.807, 2.05) is 29.2 Å². The van der Waals surface area contributed by atoms with Crippen molar-refractivity contribution >= 4 is 28.8 Å². The highest BCUT2D eigenvalue weighted by Gasteiger charge is 2.21. The van der Waals surface area contributed by atoms with Crippen molar-refractivity contribution in [2.75, 3.05) is 39.4 Å². The summed E-state index contributed by atoms with van der Waals surface area (Å²) in [6, 6.07) is 14.4. The quantitative estimate of drug-likeness (QED) is 0.588. The van der Waals surface area contributed by atoms with Crippen LogP contribution in [0.1, 0.15) is 23.3 Å². The minimum absolute atomic E-state index is 0.250. The molecule has 2 heterocycles. The summed E-state index contributed by atoms with van der Waals surface area (Å²) in [4.78, 5) is 18.0. The largest absolute Gasteiger partial charge is 0.381 e. The van der Waals surface area contributed by atoms with Gasteiger partial charge in [-0.3, -0.25) is 9.69 Å². The van der Waals surface area contributed by atoms with Crippen LogP contribution in [0.25, 0.3) is 0 Å². The summed E-state index contributed by atoms with van der Waals surface area (Å²) in [5.74, 6) is 0.250. The number of carbonyl (C=O) groups is 1. The summed E-state index contributed by atoms with van der Waals surface area (Å²) in [6.45, 7) is 5.76. The molecule has 146 valence electrons. The fourth-order valence-corrected chi connectivity index (χ4v) is 4.36. The summed E-state index contributed by atoms with van der Waals surface area (Å²) in [6.07, 6.45) is 2.29. The maximum Gasteiger partial charge on any atom is 0.222 e. The first kappa shape index (κ1) is 20.3. The lowest BCUT2D eigenvalue weighted by Gasteiger charge is -2.34. The van der Waals surface area contributed by atoms with E-state index in [9.17, 15) is 4.79 Å². The Morgan fingerprint density at radius 3 is 2.52 bits per heavy atom. The maximum atomic E-state index is 12.4. The molecule has 0 unspecified atom stereocenters. The number of hydrogen-bond donors (Lipinski definition) is 0. The van der Waals surface area contributed by atoms with Crippen LogP contribution in [0.15, 0.2) is 42.5 Å². The number of carbonyl (C=O) groups excluding carboxylic acids is 1. The van der Waals surface area contributed by atoms with Crippen LogP contribution in [-0.4, -0.2) is 55.1 Å². The smallest absolute Gasteiger partial charge is 0.222 e. The van der Waals surface area contributed by atoms with Crippen molar-refractivity contribution in [1.29, 1.82) is 0 Å². The highest BCUT2D eigenvalue weighted by Crippen LogP contribution is 2.23. The van der Waals surface area contributed by atoms with Crippen LogP contribution >= 0.6 is 22.9 Å². The van der Waals surface area contributed by atoms with Gasteiger partial charge in [0, 0.05) is 50.6 Å². The molecule has 6 heteroatoms. The fourth-order valence-electron chi connectivity index (χ4n) is 3.23. The zero-order chi connectivity index (χ0) is 18.9. The van der Waals surface area contributed by atoms with Gasteiger partial charge in [0.1, 0.15) is 0 Å². The molecule has 1 aliphatic rings. The topological polar surface area (TPSA) is 32.8 Å². The number of nitrogens with zero attached hydrogens (tertiary/aromatic N) is 2. The monoisotopic (exact) mass is 406 g/mol. The van der Waals surface area contributed by atoms with E-state index in [1.54, 1.807) is 11.3 Å². The molecule has 1 aromatic heterocycles. The molecule has 2 aromatic rings. The molecule has 3 rings (SSSR count). The Morgan fingerprint density at radius 2 is 1.81 bits per heavy atom. The van der Waals surface area contributed by atoms with E-state index < -0.39 is 0 Å². The van der Waals surface area contributed by atoms with E-state index in [0.29, 0.717) is 19.6 Å². The molecule has 1 aromatic carbocycles. The highest BCUT2D eigenvalue weighted by molar-refractivity contribution is 7.16. The first-order valence-corrected chi connectivity index (χ1v) is 10.8. The molecular formula is C21H27ClN2O2S. The van der Waals surface area contributed by atoms with Gasteiger partial charge < -0.3 is 9.64 Å². The lowest BCUT2D eigenvalue weighted by Crippen LogP contribution is -2.48. The Hall–Kier alpha value is -1.40. The van der Waals surface area contributed by atoms with Crippen LogP contribution in [0.2, 0.25) is 4.34 Å². The molecule has 27 heavy (non-hydrogen) atoms. The third kappa shape index (κ3) is 6.92. The van der Waals surface area contributed by atoms with Crippen LogP contribution in [0.5, 0.6) is 0 Å². The van der Waals surface area contributed by atoms with Crippen LogP contribution < -0.4 is 0 Å². The summed E-state index contributed by atoms with van der Waals surface area (Å²) < 4.78 is 6.51. The van der Waals surface area contributed by atoms with Gasteiger partial charge in [-0.1, -0.05) is 41.9 Å².